The minimum Gasteiger partial charge on any atom is -0.342 e. The van der Waals surface area contributed by atoms with Gasteiger partial charge in [0.1, 0.15) is 5.50 Å². The van der Waals surface area contributed by atoms with E-state index in [0.717, 1.165) is 18.4 Å². The molecule has 0 spiro atoms. The van der Waals surface area contributed by atoms with Gasteiger partial charge in [0.05, 0.1) is 6.54 Å². The van der Waals surface area contributed by atoms with E-state index in [1.54, 1.807) is 11.8 Å². The highest BCUT2D eigenvalue weighted by Gasteiger charge is 2.32. The summed E-state index contributed by atoms with van der Waals surface area (Å²) in [5, 5.41) is 0. The van der Waals surface area contributed by atoms with Gasteiger partial charge in [-0.15, -0.1) is 0 Å². The van der Waals surface area contributed by atoms with Crippen LogP contribution >= 0.6 is 11.8 Å². The highest BCUT2D eigenvalue weighted by atomic mass is 32.2. The van der Waals surface area contributed by atoms with E-state index >= 15 is 0 Å². The molecule has 1 aliphatic carbocycles. The molecule has 0 bridgehead atoms. The van der Waals surface area contributed by atoms with E-state index in [4.69, 9.17) is 5.73 Å². The molecule has 106 valence electrons. The summed E-state index contributed by atoms with van der Waals surface area (Å²) in [6, 6.07) is 7.78. The molecule has 1 aliphatic heterocycles. The second-order valence-corrected chi connectivity index (χ2v) is 6.71. The predicted molar refractivity (Wildman–Crippen MR) is 83.3 cm³/mol. The Labute approximate surface area is 124 Å². The van der Waals surface area contributed by atoms with Crippen LogP contribution in [-0.4, -0.2) is 22.7 Å². The molecule has 0 amide bonds. The van der Waals surface area contributed by atoms with E-state index in [2.05, 4.69) is 4.90 Å². The second kappa shape index (κ2) is 5.62. The Bertz CT molecular complexity index is 550. The van der Waals surface area contributed by atoms with Crippen molar-refractivity contribution in [1.29, 1.82) is 0 Å². The summed E-state index contributed by atoms with van der Waals surface area (Å²) in [5.74, 6) is 0.153. The van der Waals surface area contributed by atoms with E-state index in [0.29, 0.717) is 6.54 Å². The molecule has 1 heterocycles. The van der Waals surface area contributed by atoms with Gasteiger partial charge in [-0.2, -0.15) is 0 Å². The van der Waals surface area contributed by atoms with Crippen molar-refractivity contribution in [2.45, 2.75) is 38.1 Å². The first-order chi connectivity index (χ1) is 9.65. The molecule has 1 atom stereocenters. The van der Waals surface area contributed by atoms with Crippen molar-refractivity contribution >= 4 is 17.5 Å². The summed E-state index contributed by atoms with van der Waals surface area (Å²) in [6.07, 6.45) is 4.65. The summed E-state index contributed by atoms with van der Waals surface area (Å²) in [6.45, 7) is 2.43. The summed E-state index contributed by atoms with van der Waals surface area (Å²) in [4.78, 5) is 15.9. The van der Waals surface area contributed by atoms with Gasteiger partial charge < -0.3 is 10.6 Å². The van der Waals surface area contributed by atoms with E-state index < -0.39 is 0 Å². The van der Waals surface area contributed by atoms with Crippen molar-refractivity contribution in [3.8, 4) is 0 Å². The molecule has 3 rings (SSSR count). The zero-order valence-electron chi connectivity index (χ0n) is 11.8. The lowest BCUT2D eigenvalue weighted by Crippen LogP contribution is -2.39. The number of thioether (sulfide) groups is 1. The van der Waals surface area contributed by atoms with Crippen LogP contribution in [0.2, 0.25) is 0 Å². The maximum Gasteiger partial charge on any atom is 0.182 e. The second-order valence-electron chi connectivity index (χ2n) is 5.50. The minimum absolute atomic E-state index is 0.0903. The Balaban J connectivity index is 1.75. The van der Waals surface area contributed by atoms with Gasteiger partial charge in [-0.25, -0.2) is 0 Å². The SMILES string of the molecule is Cc1ccc(C(=O)CN2C3=C(CCCC3)SC2N)cc1. The molecule has 1 aromatic carbocycles. The van der Waals surface area contributed by atoms with Gasteiger partial charge in [0.2, 0.25) is 0 Å². The average Bonchev–Trinajstić information content (AvgIpc) is 2.76. The number of allylic oxidation sites excluding steroid dienone is 2. The fourth-order valence-electron chi connectivity index (χ4n) is 2.83. The number of benzene rings is 1. The molecule has 0 saturated carbocycles. The molecule has 0 saturated heterocycles. The quantitative estimate of drug-likeness (QED) is 0.867. The number of rotatable bonds is 3. The average molecular weight is 288 g/mol. The normalized spacial score (nSPS) is 22.1. The zero-order valence-corrected chi connectivity index (χ0v) is 12.6. The maximum atomic E-state index is 12.4. The number of nitrogens with zero attached hydrogens (tertiary/aromatic N) is 1. The molecular weight excluding hydrogens is 268 g/mol. The first-order valence-electron chi connectivity index (χ1n) is 7.16. The molecule has 4 heteroatoms. The van der Waals surface area contributed by atoms with Gasteiger partial charge in [0.15, 0.2) is 5.78 Å². The molecule has 0 fully saturated rings. The number of Topliss-reactive ketones (excluding diaryl/α,β-unsaturated/α-hetero) is 1. The number of hydrogen-bond acceptors (Lipinski definition) is 4. The minimum atomic E-state index is -0.0903. The zero-order chi connectivity index (χ0) is 14.1. The van der Waals surface area contributed by atoms with E-state index in [9.17, 15) is 4.79 Å². The molecule has 2 aliphatic rings. The topological polar surface area (TPSA) is 46.3 Å². The summed E-state index contributed by atoms with van der Waals surface area (Å²) in [7, 11) is 0. The van der Waals surface area contributed by atoms with Gasteiger partial charge in [-0.3, -0.25) is 4.79 Å². The van der Waals surface area contributed by atoms with Crippen molar-refractivity contribution in [3.63, 3.8) is 0 Å². The first-order valence-corrected chi connectivity index (χ1v) is 8.04. The number of ketones is 1. The van der Waals surface area contributed by atoms with Crippen molar-refractivity contribution in [2.24, 2.45) is 5.73 Å². The lowest BCUT2D eigenvalue weighted by atomic mass is 10.0. The van der Waals surface area contributed by atoms with Crippen LogP contribution < -0.4 is 5.73 Å². The molecule has 1 unspecified atom stereocenters. The monoisotopic (exact) mass is 288 g/mol. The number of aryl methyl sites for hydroxylation is 1. The fourth-order valence-corrected chi connectivity index (χ4v) is 4.06. The number of hydrogen-bond donors (Lipinski definition) is 1. The van der Waals surface area contributed by atoms with Gasteiger partial charge in [-0.05, 0) is 32.6 Å². The molecule has 3 nitrogen and oxygen atoms in total. The third kappa shape index (κ3) is 2.63. The van der Waals surface area contributed by atoms with Crippen molar-refractivity contribution in [2.75, 3.05) is 6.54 Å². The molecule has 0 aromatic heterocycles. The Hall–Kier alpha value is -1.26. The Morgan fingerprint density at radius 2 is 2.00 bits per heavy atom. The van der Waals surface area contributed by atoms with Gasteiger partial charge >= 0.3 is 0 Å². The lowest BCUT2D eigenvalue weighted by Gasteiger charge is -2.26. The van der Waals surface area contributed by atoms with Crippen LogP contribution in [0.25, 0.3) is 0 Å². The maximum absolute atomic E-state index is 12.4. The van der Waals surface area contributed by atoms with Crippen LogP contribution in [0.3, 0.4) is 0 Å². The van der Waals surface area contributed by atoms with Crippen LogP contribution in [0.1, 0.15) is 41.6 Å². The van der Waals surface area contributed by atoms with Crippen LogP contribution in [-0.2, 0) is 0 Å². The number of nitrogens with two attached hydrogens (primary N) is 1. The number of carbonyl (C=O) groups is 1. The lowest BCUT2D eigenvalue weighted by molar-refractivity contribution is 0.0944. The standard InChI is InChI=1S/C16H20N2OS/c1-11-6-8-12(9-7-11)14(19)10-18-13-4-2-3-5-15(13)20-16(18)17/h6-9,16H,2-5,10,17H2,1H3. The van der Waals surface area contributed by atoms with E-state index in [-0.39, 0.29) is 11.3 Å². The smallest absolute Gasteiger partial charge is 0.182 e. The molecule has 1 aromatic rings. The van der Waals surface area contributed by atoms with Crippen LogP contribution in [0.4, 0.5) is 0 Å². The molecule has 0 radical (unpaired) electrons. The highest BCUT2D eigenvalue weighted by Crippen LogP contribution is 2.43. The number of carbonyl (C=O) groups excluding carboxylic acids is 1. The van der Waals surface area contributed by atoms with E-state index in [1.165, 1.54) is 29.0 Å². The summed E-state index contributed by atoms with van der Waals surface area (Å²) >= 11 is 1.73. The summed E-state index contributed by atoms with van der Waals surface area (Å²) in [5.41, 5.74) is 9.36. The van der Waals surface area contributed by atoms with Gasteiger partial charge in [0, 0.05) is 16.2 Å². The Kier molecular flexibility index (Phi) is 3.85. The molecule has 20 heavy (non-hydrogen) atoms. The first kappa shape index (κ1) is 13.7. The van der Waals surface area contributed by atoms with Crippen LogP contribution in [0.5, 0.6) is 0 Å². The van der Waals surface area contributed by atoms with Crippen molar-refractivity contribution in [1.82, 2.24) is 4.90 Å². The third-order valence-corrected chi connectivity index (χ3v) is 5.21. The Morgan fingerprint density at radius 1 is 1.30 bits per heavy atom. The van der Waals surface area contributed by atoms with Crippen LogP contribution in [0, 0.1) is 6.92 Å². The molecule has 2 N–H and O–H groups in total. The van der Waals surface area contributed by atoms with Crippen molar-refractivity contribution < 1.29 is 4.79 Å². The van der Waals surface area contributed by atoms with E-state index in [1.807, 2.05) is 31.2 Å². The van der Waals surface area contributed by atoms with Gasteiger partial charge in [0.25, 0.3) is 0 Å². The predicted octanol–water partition coefficient (Wildman–Crippen LogP) is 3.25. The third-order valence-electron chi connectivity index (χ3n) is 3.99. The largest absolute Gasteiger partial charge is 0.342 e. The fraction of sp³-hybridized carbons (Fsp3) is 0.438. The Morgan fingerprint density at radius 3 is 2.75 bits per heavy atom. The van der Waals surface area contributed by atoms with Crippen LogP contribution in [0.15, 0.2) is 34.9 Å². The summed E-state index contributed by atoms with van der Waals surface area (Å²) < 4.78 is 0. The highest BCUT2D eigenvalue weighted by molar-refractivity contribution is 8.03. The van der Waals surface area contributed by atoms with Crippen molar-refractivity contribution in [3.05, 3.63) is 46.0 Å². The van der Waals surface area contributed by atoms with Gasteiger partial charge in [-0.1, -0.05) is 41.6 Å². The molecular formula is C16H20N2OS.